The standard InChI is InChI=1S/C23H26O3/c1-3-26-19-9-11-23(12-10-19)15-18-8-7-17(14-21(18)22(23)24)16-5-4-6-20(13-16)25-2/h4-8,13-14,19H,3,9-12,15H2,1-2H3/t19-,23-. The number of benzene rings is 2. The zero-order valence-electron chi connectivity index (χ0n) is 15.6. The molecule has 2 aromatic carbocycles. The smallest absolute Gasteiger partial charge is 0.169 e. The number of hydrogen-bond acceptors (Lipinski definition) is 3. The van der Waals surface area contributed by atoms with Gasteiger partial charge in [-0.3, -0.25) is 4.79 Å². The van der Waals surface area contributed by atoms with Crippen LogP contribution in [0, 0.1) is 5.41 Å². The summed E-state index contributed by atoms with van der Waals surface area (Å²) in [6.45, 7) is 2.80. The predicted octanol–water partition coefficient (Wildman–Crippen LogP) is 5.07. The number of carbonyl (C=O) groups is 1. The van der Waals surface area contributed by atoms with Gasteiger partial charge in [-0.25, -0.2) is 0 Å². The molecule has 0 radical (unpaired) electrons. The molecular weight excluding hydrogens is 324 g/mol. The Morgan fingerprint density at radius 2 is 1.85 bits per heavy atom. The van der Waals surface area contributed by atoms with Crippen molar-refractivity contribution in [1.29, 1.82) is 0 Å². The van der Waals surface area contributed by atoms with E-state index in [1.165, 1.54) is 5.56 Å². The van der Waals surface area contributed by atoms with Crippen molar-refractivity contribution in [3.63, 3.8) is 0 Å². The second kappa shape index (κ2) is 6.88. The number of carbonyl (C=O) groups excluding carboxylic acids is 1. The van der Waals surface area contributed by atoms with Crippen LogP contribution in [0.4, 0.5) is 0 Å². The third kappa shape index (κ3) is 2.95. The summed E-state index contributed by atoms with van der Waals surface area (Å²) in [4.78, 5) is 13.3. The zero-order valence-corrected chi connectivity index (χ0v) is 15.6. The lowest BCUT2D eigenvalue weighted by atomic mass is 9.70. The minimum absolute atomic E-state index is 0.192. The van der Waals surface area contributed by atoms with Gasteiger partial charge >= 0.3 is 0 Å². The van der Waals surface area contributed by atoms with E-state index in [0.29, 0.717) is 11.9 Å². The molecule has 3 nitrogen and oxygen atoms in total. The number of methoxy groups -OCH3 is 1. The highest BCUT2D eigenvalue weighted by Crippen LogP contribution is 2.48. The molecule has 0 aromatic heterocycles. The molecule has 0 aliphatic heterocycles. The molecule has 0 heterocycles. The molecule has 2 aliphatic carbocycles. The molecule has 0 amide bonds. The lowest BCUT2D eigenvalue weighted by Crippen LogP contribution is -2.35. The van der Waals surface area contributed by atoms with Crippen LogP contribution in [0.1, 0.15) is 48.5 Å². The predicted molar refractivity (Wildman–Crippen MR) is 103 cm³/mol. The lowest BCUT2D eigenvalue weighted by molar-refractivity contribution is 0.00748. The molecule has 0 saturated heterocycles. The van der Waals surface area contributed by atoms with Gasteiger partial charge in [-0.2, -0.15) is 0 Å². The third-order valence-electron chi connectivity index (χ3n) is 6.06. The molecular formula is C23H26O3. The second-order valence-corrected chi connectivity index (χ2v) is 7.54. The lowest BCUT2D eigenvalue weighted by Gasteiger charge is -2.35. The highest BCUT2D eigenvalue weighted by Gasteiger charge is 2.47. The Morgan fingerprint density at radius 3 is 2.58 bits per heavy atom. The van der Waals surface area contributed by atoms with E-state index in [-0.39, 0.29) is 5.41 Å². The minimum atomic E-state index is -0.192. The largest absolute Gasteiger partial charge is 0.497 e. The molecule has 26 heavy (non-hydrogen) atoms. The van der Waals surface area contributed by atoms with Crippen molar-refractivity contribution in [3.8, 4) is 16.9 Å². The maximum atomic E-state index is 13.3. The minimum Gasteiger partial charge on any atom is -0.497 e. The average molecular weight is 350 g/mol. The Labute approximate surface area is 155 Å². The molecule has 4 rings (SSSR count). The van der Waals surface area contributed by atoms with E-state index < -0.39 is 0 Å². The van der Waals surface area contributed by atoms with Gasteiger partial charge < -0.3 is 9.47 Å². The van der Waals surface area contributed by atoms with Crippen LogP contribution in [0.3, 0.4) is 0 Å². The summed E-state index contributed by atoms with van der Waals surface area (Å²) in [5.74, 6) is 1.17. The number of fused-ring (bicyclic) bond motifs is 1. The molecule has 2 aromatic rings. The van der Waals surface area contributed by atoms with E-state index in [9.17, 15) is 4.79 Å². The molecule has 1 saturated carbocycles. The van der Waals surface area contributed by atoms with Crippen molar-refractivity contribution in [1.82, 2.24) is 0 Å². The molecule has 1 spiro atoms. The van der Waals surface area contributed by atoms with Gasteiger partial charge in [-0.05, 0) is 73.9 Å². The maximum absolute atomic E-state index is 13.3. The Hall–Kier alpha value is -2.13. The van der Waals surface area contributed by atoms with Gasteiger partial charge in [0.05, 0.1) is 13.2 Å². The van der Waals surface area contributed by atoms with Crippen LogP contribution in [0.15, 0.2) is 42.5 Å². The number of ketones is 1. The fourth-order valence-electron chi connectivity index (χ4n) is 4.60. The first-order chi connectivity index (χ1) is 12.6. The Bertz CT molecular complexity index is 816. The summed E-state index contributed by atoms with van der Waals surface area (Å²) < 4.78 is 11.1. The summed E-state index contributed by atoms with van der Waals surface area (Å²) in [5, 5.41) is 0. The SMILES string of the molecule is CCO[C@H]1CC[C@]2(CC1)Cc1ccc(-c3cccc(OC)c3)cc1C2=O. The van der Waals surface area contributed by atoms with Crippen LogP contribution < -0.4 is 4.74 Å². The van der Waals surface area contributed by atoms with E-state index >= 15 is 0 Å². The normalized spacial score (nSPS) is 24.7. The summed E-state index contributed by atoms with van der Waals surface area (Å²) in [5.41, 5.74) is 4.09. The molecule has 0 unspecified atom stereocenters. The van der Waals surface area contributed by atoms with Gasteiger partial charge in [-0.15, -0.1) is 0 Å². The van der Waals surface area contributed by atoms with Crippen molar-refractivity contribution in [3.05, 3.63) is 53.6 Å². The fourth-order valence-corrected chi connectivity index (χ4v) is 4.60. The summed E-state index contributed by atoms with van der Waals surface area (Å²) in [6.07, 6.45) is 5.10. The van der Waals surface area contributed by atoms with Crippen LogP contribution in [0.2, 0.25) is 0 Å². The van der Waals surface area contributed by atoms with Crippen LogP contribution >= 0.6 is 0 Å². The third-order valence-corrected chi connectivity index (χ3v) is 6.06. The summed E-state index contributed by atoms with van der Waals surface area (Å²) in [7, 11) is 1.67. The van der Waals surface area contributed by atoms with E-state index in [1.54, 1.807) is 7.11 Å². The van der Waals surface area contributed by atoms with E-state index in [1.807, 2.05) is 25.1 Å². The maximum Gasteiger partial charge on any atom is 0.169 e. The molecule has 3 heteroatoms. The number of rotatable bonds is 4. The van der Waals surface area contributed by atoms with Gasteiger partial charge in [0, 0.05) is 17.6 Å². The number of ether oxygens (including phenoxy) is 2. The molecule has 0 atom stereocenters. The molecule has 0 N–H and O–H groups in total. The first kappa shape index (κ1) is 17.3. The van der Waals surface area contributed by atoms with Crippen molar-refractivity contribution in [2.75, 3.05) is 13.7 Å². The van der Waals surface area contributed by atoms with Gasteiger partial charge in [0.2, 0.25) is 0 Å². The van der Waals surface area contributed by atoms with Gasteiger partial charge in [0.1, 0.15) is 5.75 Å². The van der Waals surface area contributed by atoms with Crippen molar-refractivity contribution >= 4 is 5.78 Å². The van der Waals surface area contributed by atoms with Crippen molar-refractivity contribution in [2.24, 2.45) is 5.41 Å². The van der Waals surface area contributed by atoms with Crippen molar-refractivity contribution < 1.29 is 14.3 Å². The Morgan fingerprint density at radius 1 is 1.08 bits per heavy atom. The van der Waals surface area contributed by atoms with Crippen LogP contribution in [0.25, 0.3) is 11.1 Å². The Kier molecular flexibility index (Phi) is 4.58. The quantitative estimate of drug-likeness (QED) is 0.772. The second-order valence-electron chi connectivity index (χ2n) is 7.54. The van der Waals surface area contributed by atoms with E-state index in [0.717, 1.165) is 61.2 Å². The van der Waals surface area contributed by atoms with Gasteiger partial charge in [0.25, 0.3) is 0 Å². The first-order valence-corrected chi connectivity index (χ1v) is 9.59. The highest BCUT2D eigenvalue weighted by atomic mass is 16.5. The highest BCUT2D eigenvalue weighted by molar-refractivity contribution is 6.05. The molecule has 2 aliphatic rings. The molecule has 1 fully saturated rings. The van der Waals surface area contributed by atoms with Gasteiger partial charge in [0.15, 0.2) is 5.78 Å². The topological polar surface area (TPSA) is 35.5 Å². The van der Waals surface area contributed by atoms with E-state index in [4.69, 9.17) is 9.47 Å². The average Bonchev–Trinajstić information content (AvgIpc) is 2.95. The van der Waals surface area contributed by atoms with Crippen LogP contribution in [-0.2, 0) is 11.2 Å². The van der Waals surface area contributed by atoms with Crippen molar-refractivity contribution in [2.45, 2.75) is 45.1 Å². The monoisotopic (exact) mass is 350 g/mol. The van der Waals surface area contributed by atoms with Gasteiger partial charge in [-0.1, -0.05) is 24.3 Å². The first-order valence-electron chi connectivity index (χ1n) is 9.59. The van der Waals surface area contributed by atoms with Crippen LogP contribution in [0.5, 0.6) is 5.75 Å². The fraction of sp³-hybridized carbons (Fsp3) is 0.435. The summed E-state index contributed by atoms with van der Waals surface area (Å²) in [6, 6.07) is 14.4. The number of hydrogen-bond donors (Lipinski definition) is 0. The van der Waals surface area contributed by atoms with Crippen LogP contribution in [-0.4, -0.2) is 25.6 Å². The van der Waals surface area contributed by atoms with E-state index in [2.05, 4.69) is 24.3 Å². The number of Topliss-reactive ketones (excluding diaryl/α,β-unsaturated/α-hetero) is 1. The molecule has 0 bridgehead atoms. The zero-order chi connectivity index (χ0) is 18.1. The molecule has 136 valence electrons. The Balaban J connectivity index is 1.60. The summed E-state index contributed by atoms with van der Waals surface area (Å²) >= 11 is 0.